The van der Waals surface area contributed by atoms with Crippen LogP contribution in [0.5, 0.6) is 5.75 Å². The van der Waals surface area contributed by atoms with E-state index in [1.54, 1.807) is 12.1 Å². The van der Waals surface area contributed by atoms with Gasteiger partial charge in [-0.25, -0.2) is 0 Å². The van der Waals surface area contributed by atoms with Crippen molar-refractivity contribution >= 4 is 11.4 Å². The lowest BCUT2D eigenvalue weighted by molar-refractivity contribution is -0.280. The van der Waals surface area contributed by atoms with Crippen LogP contribution in [-0.4, -0.2) is 29.0 Å². The Morgan fingerprint density at radius 1 is 0.775 bits per heavy atom. The zero-order valence-corrected chi connectivity index (χ0v) is 26.2. The highest BCUT2D eigenvalue weighted by Gasteiger charge is 2.49. The number of aliphatic hydroxyl groups is 1. The molecule has 6 nitrogen and oxygen atoms in total. The first-order valence-corrected chi connectivity index (χ1v) is 14.8. The summed E-state index contributed by atoms with van der Waals surface area (Å²) >= 11 is 0. The van der Waals surface area contributed by atoms with E-state index in [1.165, 1.54) is 0 Å². The van der Waals surface area contributed by atoms with E-state index in [0.717, 1.165) is 37.8 Å². The van der Waals surface area contributed by atoms with Crippen LogP contribution in [0.25, 0.3) is 0 Å². The van der Waals surface area contributed by atoms with Crippen molar-refractivity contribution in [2.75, 3.05) is 6.61 Å². The zero-order valence-electron chi connectivity index (χ0n) is 26.2. The molecule has 0 bridgehead atoms. The molecule has 1 aliphatic heterocycles. The van der Waals surface area contributed by atoms with Crippen LogP contribution in [0.15, 0.2) is 58.8 Å². The Balaban J connectivity index is 1.83. The summed E-state index contributed by atoms with van der Waals surface area (Å²) in [6, 6.07) is 14.8. The van der Waals surface area contributed by atoms with Gasteiger partial charge in [0.15, 0.2) is 6.29 Å². The molecule has 3 rings (SSSR count). The first-order chi connectivity index (χ1) is 18.6. The van der Waals surface area contributed by atoms with E-state index >= 15 is 0 Å². The lowest BCUT2D eigenvalue weighted by Crippen LogP contribution is -2.49. The lowest BCUT2D eigenvalue weighted by atomic mass is 9.57. The third kappa shape index (κ3) is 7.32. The van der Waals surface area contributed by atoms with Gasteiger partial charge >= 0.3 is 0 Å². The number of benzene rings is 2. The second-order valence-electron chi connectivity index (χ2n) is 14.0. The Morgan fingerprint density at radius 2 is 1.38 bits per heavy atom. The molecule has 222 valence electrons. The van der Waals surface area contributed by atoms with Crippen molar-refractivity contribution in [3.63, 3.8) is 0 Å². The number of nitrogens with zero attached hydrogens (tertiary/aromatic N) is 2. The molecule has 2 aromatic rings. The highest BCUT2D eigenvalue weighted by molar-refractivity contribution is 5.48. The Labute approximate surface area is 242 Å². The molecule has 6 heteroatoms. The van der Waals surface area contributed by atoms with E-state index in [2.05, 4.69) is 72.5 Å². The quantitative estimate of drug-likeness (QED) is 0.257. The molecule has 2 aromatic carbocycles. The van der Waals surface area contributed by atoms with E-state index in [9.17, 15) is 10.2 Å². The van der Waals surface area contributed by atoms with Crippen LogP contribution in [0.3, 0.4) is 0 Å². The lowest BCUT2D eigenvalue weighted by Gasteiger charge is -2.52. The van der Waals surface area contributed by atoms with Crippen LogP contribution in [0.4, 0.5) is 11.4 Å². The van der Waals surface area contributed by atoms with Gasteiger partial charge in [0.05, 0.1) is 29.1 Å². The maximum Gasteiger partial charge on any atom is 0.188 e. The summed E-state index contributed by atoms with van der Waals surface area (Å²) in [4.78, 5) is 0. The molecule has 40 heavy (non-hydrogen) atoms. The molecule has 0 spiro atoms. The van der Waals surface area contributed by atoms with Crippen LogP contribution in [0.1, 0.15) is 106 Å². The van der Waals surface area contributed by atoms with Crippen LogP contribution < -0.4 is 0 Å². The summed E-state index contributed by atoms with van der Waals surface area (Å²) in [6.45, 7) is 20.8. The van der Waals surface area contributed by atoms with Gasteiger partial charge in [-0.05, 0) is 77.7 Å². The fraction of sp³-hybridized carbons (Fsp3) is 0.647. The summed E-state index contributed by atoms with van der Waals surface area (Å²) in [5.41, 5.74) is 1.89. The van der Waals surface area contributed by atoms with E-state index < -0.39 is 6.29 Å². The molecule has 0 radical (unpaired) electrons. The van der Waals surface area contributed by atoms with Crippen LogP contribution in [0.2, 0.25) is 0 Å². The van der Waals surface area contributed by atoms with Gasteiger partial charge in [0.2, 0.25) is 0 Å². The number of phenolic OH excluding ortho intramolecular Hbond substituents is 1. The Hall–Kier alpha value is -2.28. The molecule has 3 unspecified atom stereocenters. The molecule has 1 saturated heterocycles. The number of hydrogen-bond acceptors (Lipinski definition) is 6. The molecule has 1 heterocycles. The normalized spacial score (nSPS) is 21.2. The second-order valence-corrected chi connectivity index (χ2v) is 14.0. The first kappa shape index (κ1) is 32.2. The highest BCUT2D eigenvalue weighted by Crippen LogP contribution is 2.54. The maximum atomic E-state index is 10.8. The minimum Gasteiger partial charge on any atom is -0.507 e. The fourth-order valence-electron chi connectivity index (χ4n) is 5.32. The molecule has 2 N–H and O–H groups in total. The highest BCUT2D eigenvalue weighted by atomic mass is 16.7. The fourth-order valence-corrected chi connectivity index (χ4v) is 5.32. The smallest absolute Gasteiger partial charge is 0.188 e. The Bertz CT molecular complexity index is 1120. The van der Waals surface area contributed by atoms with Gasteiger partial charge in [-0.3, -0.25) is 0 Å². The van der Waals surface area contributed by atoms with E-state index in [4.69, 9.17) is 9.47 Å². The largest absolute Gasteiger partial charge is 0.507 e. The van der Waals surface area contributed by atoms with Crippen molar-refractivity contribution in [2.24, 2.45) is 31.9 Å². The van der Waals surface area contributed by atoms with Gasteiger partial charge in [0.1, 0.15) is 5.75 Å². The van der Waals surface area contributed by atoms with Crippen molar-refractivity contribution in [2.45, 2.75) is 113 Å². The van der Waals surface area contributed by atoms with Crippen molar-refractivity contribution in [1.29, 1.82) is 0 Å². The standard InChI is InChI=1S/C34H52N2O4/c1-10-26-23-29(34(8,9)33(6,7)19-18-31(2,3)32(4,5)20-21-37)40-30(39-26)27-22-25(16-17-28(27)38)36-35-24-14-12-11-13-15-24/h11-17,22,26,29-30,37-38H,10,18-21,23H2,1-9H3. The van der Waals surface area contributed by atoms with Crippen molar-refractivity contribution < 1.29 is 19.7 Å². The zero-order chi connectivity index (χ0) is 29.8. The number of aliphatic hydroxyl groups excluding tert-OH is 1. The van der Waals surface area contributed by atoms with Crippen molar-refractivity contribution in [3.05, 3.63) is 54.1 Å². The van der Waals surface area contributed by atoms with Gasteiger partial charge < -0.3 is 19.7 Å². The van der Waals surface area contributed by atoms with Gasteiger partial charge in [-0.1, -0.05) is 80.5 Å². The number of ether oxygens (including phenoxy) is 2. The Morgan fingerprint density at radius 3 is 2.00 bits per heavy atom. The molecule has 1 fully saturated rings. The second kappa shape index (κ2) is 12.7. The van der Waals surface area contributed by atoms with Crippen molar-refractivity contribution in [3.8, 4) is 5.75 Å². The Kier molecular flexibility index (Phi) is 10.2. The number of azo groups is 1. The molecule has 0 aromatic heterocycles. The van der Waals surface area contributed by atoms with Gasteiger partial charge in [0, 0.05) is 13.0 Å². The van der Waals surface area contributed by atoms with Gasteiger partial charge in [-0.15, -0.1) is 0 Å². The number of rotatable bonds is 12. The third-order valence-corrected chi connectivity index (χ3v) is 10.3. The predicted molar refractivity (Wildman–Crippen MR) is 162 cm³/mol. The summed E-state index contributed by atoms with van der Waals surface area (Å²) in [6.07, 6.45) is 3.81. The minimum absolute atomic E-state index is 0.0211. The molecule has 3 atom stereocenters. The molecule has 0 saturated carbocycles. The summed E-state index contributed by atoms with van der Waals surface area (Å²) < 4.78 is 13.1. The SMILES string of the molecule is CCC1CC(C(C)(C)C(C)(C)CCC(C)(C)C(C)(C)CCO)OC(c2cc(N=Nc3ccccc3)ccc2O)O1. The summed E-state index contributed by atoms with van der Waals surface area (Å²) in [5.74, 6) is 0.129. The van der Waals surface area contributed by atoms with Gasteiger partial charge in [0.25, 0.3) is 0 Å². The van der Waals surface area contributed by atoms with E-state index in [1.807, 2.05) is 36.4 Å². The third-order valence-electron chi connectivity index (χ3n) is 10.3. The number of hydrogen-bond donors (Lipinski definition) is 2. The van der Waals surface area contributed by atoms with Crippen molar-refractivity contribution in [1.82, 2.24) is 0 Å². The van der Waals surface area contributed by atoms with Crippen LogP contribution in [0, 0.1) is 21.7 Å². The molecule has 0 amide bonds. The van der Waals surface area contributed by atoms with E-state index in [0.29, 0.717) is 11.3 Å². The number of phenols is 1. The molecular weight excluding hydrogens is 500 g/mol. The predicted octanol–water partition coefficient (Wildman–Crippen LogP) is 9.66. The number of aromatic hydroxyl groups is 1. The molecule has 1 aliphatic rings. The van der Waals surface area contributed by atoms with Gasteiger partial charge in [-0.2, -0.15) is 10.2 Å². The average molecular weight is 553 g/mol. The summed E-state index contributed by atoms with van der Waals surface area (Å²) in [5, 5.41) is 29.2. The maximum absolute atomic E-state index is 10.8. The summed E-state index contributed by atoms with van der Waals surface area (Å²) in [7, 11) is 0. The molecule has 0 aliphatic carbocycles. The first-order valence-electron chi connectivity index (χ1n) is 14.8. The topological polar surface area (TPSA) is 83.6 Å². The van der Waals surface area contributed by atoms with Crippen LogP contribution in [-0.2, 0) is 9.47 Å². The average Bonchev–Trinajstić information content (AvgIpc) is 2.91. The van der Waals surface area contributed by atoms with E-state index in [-0.39, 0.29) is 46.2 Å². The van der Waals surface area contributed by atoms with Crippen LogP contribution >= 0.6 is 0 Å². The minimum atomic E-state index is -0.689. The molecular formula is C34H52N2O4. The monoisotopic (exact) mass is 552 g/mol.